The third-order valence-corrected chi connectivity index (χ3v) is 4.55. The third kappa shape index (κ3) is 3.41. The number of rotatable bonds is 4. The summed E-state index contributed by atoms with van der Waals surface area (Å²) in [6.45, 7) is 3.66. The fourth-order valence-electron chi connectivity index (χ4n) is 2.29. The van der Waals surface area contributed by atoms with Gasteiger partial charge in [-0.2, -0.15) is 0 Å². The number of nitrogens with zero attached hydrogens (tertiary/aromatic N) is 3. The lowest BCUT2D eigenvalue weighted by atomic mass is 10.0. The fourth-order valence-corrected chi connectivity index (χ4v) is 3.17. The molecule has 0 aliphatic carbocycles. The zero-order chi connectivity index (χ0) is 17.4. The maximum Gasteiger partial charge on any atom is 0.282 e. The van der Waals surface area contributed by atoms with Crippen LogP contribution < -0.4 is 11.7 Å². The number of aryl methyl sites for hydroxylation is 2. The van der Waals surface area contributed by atoms with E-state index in [4.69, 9.17) is 11.7 Å². The van der Waals surface area contributed by atoms with Gasteiger partial charge in [-0.25, -0.2) is 30.2 Å². The van der Waals surface area contributed by atoms with Crippen molar-refractivity contribution < 1.29 is 13.2 Å². The smallest absolute Gasteiger partial charge is 0.282 e. The number of hydrogen-bond donors (Lipinski definition) is 2. The summed E-state index contributed by atoms with van der Waals surface area (Å²) in [4.78, 5) is 16.2. The standard InChI is InChI=1S/C14H19N5O3S/c1-4-10-5-12(18-7-9(2)17-8-18)13(23(3,21)22)6-11(10)14(20)19(15)16/h5-8H,4,15-16H2,1-3H3. The van der Waals surface area contributed by atoms with Crippen molar-refractivity contribution in [2.24, 2.45) is 11.7 Å². The van der Waals surface area contributed by atoms with Gasteiger partial charge in [0.1, 0.15) is 0 Å². The van der Waals surface area contributed by atoms with Crippen molar-refractivity contribution in [3.63, 3.8) is 0 Å². The van der Waals surface area contributed by atoms with Gasteiger partial charge in [0.25, 0.3) is 5.91 Å². The van der Waals surface area contributed by atoms with Gasteiger partial charge in [-0.15, -0.1) is 0 Å². The average Bonchev–Trinajstić information content (AvgIpc) is 2.90. The summed E-state index contributed by atoms with van der Waals surface area (Å²) < 4.78 is 25.9. The highest BCUT2D eigenvalue weighted by Crippen LogP contribution is 2.26. The van der Waals surface area contributed by atoms with Crippen LogP contribution in [0.15, 0.2) is 29.6 Å². The summed E-state index contributed by atoms with van der Waals surface area (Å²) in [5.41, 5.74) is 1.99. The van der Waals surface area contributed by atoms with Crippen LogP contribution in [-0.4, -0.2) is 35.2 Å². The minimum Gasteiger partial charge on any atom is -0.305 e. The Morgan fingerprint density at radius 3 is 2.43 bits per heavy atom. The number of hydrogen-bond acceptors (Lipinski definition) is 6. The van der Waals surface area contributed by atoms with Crippen LogP contribution in [0.3, 0.4) is 0 Å². The number of sulfone groups is 1. The first-order chi connectivity index (χ1) is 10.6. The molecular weight excluding hydrogens is 318 g/mol. The largest absolute Gasteiger partial charge is 0.305 e. The molecule has 0 unspecified atom stereocenters. The van der Waals surface area contributed by atoms with Gasteiger partial charge < -0.3 is 4.57 Å². The van der Waals surface area contributed by atoms with Gasteiger partial charge in [-0.05, 0) is 31.0 Å². The van der Waals surface area contributed by atoms with E-state index in [1.54, 1.807) is 23.8 Å². The molecule has 9 heteroatoms. The number of benzene rings is 1. The van der Waals surface area contributed by atoms with E-state index in [1.807, 2.05) is 6.92 Å². The van der Waals surface area contributed by atoms with E-state index in [-0.39, 0.29) is 10.5 Å². The lowest BCUT2D eigenvalue weighted by Crippen LogP contribution is -2.43. The number of amides is 1. The van der Waals surface area contributed by atoms with E-state index >= 15 is 0 Å². The highest BCUT2D eigenvalue weighted by Gasteiger charge is 2.22. The Morgan fingerprint density at radius 1 is 1.35 bits per heavy atom. The van der Waals surface area contributed by atoms with Crippen molar-refractivity contribution >= 4 is 15.7 Å². The zero-order valence-electron chi connectivity index (χ0n) is 13.1. The van der Waals surface area contributed by atoms with Crippen LogP contribution in [0, 0.1) is 6.92 Å². The number of hydrazine groups is 2. The van der Waals surface area contributed by atoms with Gasteiger partial charge >= 0.3 is 0 Å². The van der Waals surface area contributed by atoms with Crippen molar-refractivity contribution in [1.29, 1.82) is 0 Å². The van der Waals surface area contributed by atoms with Gasteiger partial charge in [0.15, 0.2) is 9.84 Å². The van der Waals surface area contributed by atoms with Gasteiger partial charge in [0.05, 0.1) is 22.6 Å². The molecule has 1 heterocycles. The van der Waals surface area contributed by atoms with Crippen LogP contribution in [0.25, 0.3) is 5.69 Å². The lowest BCUT2D eigenvalue weighted by Gasteiger charge is -2.17. The topological polar surface area (TPSA) is 124 Å². The summed E-state index contributed by atoms with van der Waals surface area (Å²) >= 11 is 0. The number of imidazole rings is 1. The number of carbonyl (C=O) groups is 1. The molecule has 2 aromatic rings. The second kappa shape index (κ2) is 6.11. The van der Waals surface area contributed by atoms with Crippen molar-refractivity contribution in [1.82, 2.24) is 14.7 Å². The molecule has 23 heavy (non-hydrogen) atoms. The SMILES string of the molecule is CCc1cc(-n2cnc(C)c2)c(S(C)(=O)=O)cc1C(=O)N(N)N. The molecule has 1 aromatic carbocycles. The molecule has 0 saturated carbocycles. The summed E-state index contributed by atoms with van der Waals surface area (Å²) in [7, 11) is -3.58. The van der Waals surface area contributed by atoms with E-state index in [0.717, 1.165) is 11.9 Å². The molecule has 0 spiro atoms. The minimum absolute atomic E-state index is 0.0114. The van der Waals surface area contributed by atoms with Gasteiger partial charge in [-0.3, -0.25) is 4.79 Å². The van der Waals surface area contributed by atoms with E-state index < -0.39 is 15.7 Å². The second-order valence-corrected chi connectivity index (χ2v) is 7.22. The van der Waals surface area contributed by atoms with Gasteiger partial charge in [0.2, 0.25) is 0 Å². The molecule has 0 radical (unpaired) electrons. The maximum atomic E-state index is 12.2. The van der Waals surface area contributed by atoms with Crippen LogP contribution >= 0.6 is 0 Å². The molecule has 8 nitrogen and oxygen atoms in total. The Kier molecular flexibility index (Phi) is 4.55. The first-order valence-corrected chi connectivity index (χ1v) is 8.76. The molecule has 4 N–H and O–H groups in total. The van der Waals surface area contributed by atoms with Crippen molar-refractivity contribution in [2.45, 2.75) is 25.2 Å². The molecule has 124 valence electrons. The van der Waals surface area contributed by atoms with Crippen LogP contribution in [0.1, 0.15) is 28.5 Å². The summed E-state index contributed by atoms with van der Waals surface area (Å²) in [5, 5.41) is 0.446. The Bertz CT molecular complexity index is 855. The third-order valence-electron chi connectivity index (χ3n) is 3.42. The van der Waals surface area contributed by atoms with Gasteiger partial charge in [0, 0.05) is 18.0 Å². The summed E-state index contributed by atoms with van der Waals surface area (Å²) in [5.74, 6) is 9.95. The molecule has 0 atom stereocenters. The van der Waals surface area contributed by atoms with Crippen LogP contribution in [0.2, 0.25) is 0 Å². The molecule has 0 saturated heterocycles. The normalized spacial score (nSPS) is 11.5. The van der Waals surface area contributed by atoms with Gasteiger partial charge in [-0.1, -0.05) is 6.92 Å². The minimum atomic E-state index is -3.58. The van der Waals surface area contributed by atoms with E-state index in [0.29, 0.717) is 22.8 Å². The summed E-state index contributed by atoms with van der Waals surface area (Å²) in [6.07, 6.45) is 4.83. The molecule has 1 amide bonds. The van der Waals surface area contributed by atoms with Crippen LogP contribution in [0.5, 0.6) is 0 Å². The highest BCUT2D eigenvalue weighted by atomic mass is 32.2. The van der Waals surface area contributed by atoms with Crippen molar-refractivity contribution in [3.05, 3.63) is 41.5 Å². The molecular formula is C14H19N5O3S. The highest BCUT2D eigenvalue weighted by molar-refractivity contribution is 7.90. The number of aromatic nitrogens is 2. The predicted molar refractivity (Wildman–Crippen MR) is 85.3 cm³/mol. The molecule has 0 aliphatic heterocycles. The Hall–Kier alpha value is -2.23. The Labute approximate surface area is 134 Å². The predicted octanol–water partition coefficient (Wildman–Crippen LogP) is 0.336. The summed E-state index contributed by atoms with van der Waals surface area (Å²) in [6, 6.07) is 2.96. The number of nitrogens with two attached hydrogens (primary N) is 2. The quantitative estimate of drug-likeness (QED) is 0.471. The monoisotopic (exact) mass is 337 g/mol. The average molecular weight is 337 g/mol. The maximum absolute atomic E-state index is 12.2. The Morgan fingerprint density at radius 2 is 2.00 bits per heavy atom. The molecule has 1 aromatic heterocycles. The van der Waals surface area contributed by atoms with E-state index in [1.165, 1.54) is 12.4 Å². The molecule has 0 bridgehead atoms. The molecule has 0 fully saturated rings. The van der Waals surface area contributed by atoms with Crippen molar-refractivity contribution in [3.8, 4) is 5.69 Å². The number of carbonyl (C=O) groups excluding carboxylic acids is 1. The van der Waals surface area contributed by atoms with Crippen molar-refractivity contribution in [2.75, 3.05) is 6.26 Å². The first-order valence-electron chi connectivity index (χ1n) is 6.87. The van der Waals surface area contributed by atoms with E-state index in [9.17, 15) is 13.2 Å². The molecule has 2 rings (SSSR count). The van der Waals surface area contributed by atoms with Crippen LogP contribution in [0.4, 0.5) is 0 Å². The second-order valence-electron chi connectivity index (χ2n) is 5.24. The fraction of sp³-hybridized carbons (Fsp3) is 0.286. The lowest BCUT2D eigenvalue weighted by molar-refractivity contribution is 0.0754. The zero-order valence-corrected chi connectivity index (χ0v) is 14.0. The Balaban J connectivity index is 2.80. The van der Waals surface area contributed by atoms with E-state index in [2.05, 4.69) is 4.98 Å². The van der Waals surface area contributed by atoms with Crippen LogP contribution in [-0.2, 0) is 16.3 Å². The first kappa shape index (κ1) is 17.1. The molecule has 0 aliphatic rings.